The Hall–Kier alpha value is -1.30. The highest BCUT2D eigenvalue weighted by molar-refractivity contribution is 5.85. The van der Waals surface area contributed by atoms with Crippen molar-refractivity contribution >= 4 is 41.8 Å². The second-order valence-corrected chi connectivity index (χ2v) is 5.75. The molecule has 1 aliphatic carbocycles. The molecule has 0 saturated heterocycles. The van der Waals surface area contributed by atoms with E-state index < -0.39 is 0 Å². The number of nitrogens with one attached hydrogen (secondary N) is 1. The van der Waals surface area contributed by atoms with E-state index in [1.165, 1.54) is 0 Å². The summed E-state index contributed by atoms with van der Waals surface area (Å²) in [6, 6.07) is 8.03. The Balaban J connectivity index is 0.00000132. The van der Waals surface area contributed by atoms with Crippen LogP contribution in [-0.2, 0) is 11.3 Å². The Labute approximate surface area is 148 Å². The second-order valence-electron chi connectivity index (χ2n) is 5.75. The molecule has 1 saturated carbocycles. The van der Waals surface area contributed by atoms with Crippen molar-refractivity contribution in [2.24, 2.45) is 17.6 Å². The lowest BCUT2D eigenvalue weighted by Crippen LogP contribution is -2.36. The minimum atomic E-state index is 0. The molecule has 1 heterocycles. The van der Waals surface area contributed by atoms with E-state index in [9.17, 15) is 4.79 Å². The molecule has 1 amide bonds. The van der Waals surface area contributed by atoms with Crippen LogP contribution in [0.4, 0.5) is 0 Å². The Morgan fingerprint density at radius 2 is 2.09 bits per heavy atom. The summed E-state index contributed by atoms with van der Waals surface area (Å²) in [7, 11) is 0. The molecule has 5 nitrogen and oxygen atoms in total. The molecule has 3 N–H and O–H groups in total. The first-order valence-electron chi connectivity index (χ1n) is 7.67. The molecule has 23 heavy (non-hydrogen) atoms. The quantitative estimate of drug-likeness (QED) is 0.861. The highest BCUT2D eigenvalue weighted by Gasteiger charge is 2.31. The number of nitrogens with two attached hydrogens (primary N) is 1. The maximum Gasteiger partial charge on any atom is 0.223 e. The summed E-state index contributed by atoms with van der Waals surface area (Å²) >= 11 is 0. The predicted molar refractivity (Wildman–Crippen MR) is 97.1 cm³/mol. The van der Waals surface area contributed by atoms with Crippen molar-refractivity contribution in [3.8, 4) is 0 Å². The molecule has 0 radical (unpaired) electrons. The average Bonchev–Trinajstić information content (AvgIpc) is 3.14. The van der Waals surface area contributed by atoms with E-state index in [0.29, 0.717) is 19.0 Å². The van der Waals surface area contributed by atoms with Crippen LogP contribution in [0.5, 0.6) is 0 Å². The Morgan fingerprint density at radius 3 is 2.87 bits per heavy atom. The van der Waals surface area contributed by atoms with Gasteiger partial charge in [0.25, 0.3) is 0 Å². The molecule has 0 unspecified atom stereocenters. The number of rotatable bonds is 5. The second kappa shape index (κ2) is 9.11. The normalized spacial score (nSPS) is 19.9. The molecule has 1 aromatic carbocycles. The van der Waals surface area contributed by atoms with Crippen molar-refractivity contribution in [3.05, 3.63) is 30.6 Å². The van der Waals surface area contributed by atoms with Gasteiger partial charge in [-0.05, 0) is 37.4 Å². The van der Waals surface area contributed by atoms with E-state index in [1.807, 2.05) is 30.6 Å². The van der Waals surface area contributed by atoms with Crippen molar-refractivity contribution < 1.29 is 4.79 Å². The zero-order chi connectivity index (χ0) is 14.7. The van der Waals surface area contributed by atoms with Crippen LogP contribution in [0.25, 0.3) is 11.0 Å². The van der Waals surface area contributed by atoms with Gasteiger partial charge in [-0.15, -0.1) is 24.8 Å². The number of carbonyl (C=O) groups is 1. The standard InChI is InChI=1S/C16H22N4O.2ClH/c17-10-12-4-3-5-13(12)16(21)18-8-9-20-11-19-14-6-1-2-7-15(14)20;;/h1-2,6-7,11-13H,3-5,8-10,17H2,(H,18,21);2*1H/t12-,13-;;/m1../s1. The monoisotopic (exact) mass is 358 g/mol. The van der Waals surface area contributed by atoms with Gasteiger partial charge in [0.05, 0.1) is 17.4 Å². The Kier molecular flexibility index (Phi) is 7.82. The van der Waals surface area contributed by atoms with Crippen LogP contribution >= 0.6 is 24.8 Å². The molecule has 1 aliphatic rings. The van der Waals surface area contributed by atoms with E-state index in [-0.39, 0.29) is 36.6 Å². The summed E-state index contributed by atoms with van der Waals surface area (Å²) in [5.41, 5.74) is 7.83. The molecule has 0 bridgehead atoms. The fourth-order valence-corrected chi connectivity index (χ4v) is 3.28. The highest BCUT2D eigenvalue weighted by Crippen LogP contribution is 2.30. The number of imidazole rings is 1. The van der Waals surface area contributed by atoms with Crippen LogP contribution in [0.15, 0.2) is 30.6 Å². The van der Waals surface area contributed by atoms with Gasteiger partial charge in [-0.3, -0.25) is 4.79 Å². The third kappa shape index (κ3) is 4.37. The number of nitrogens with zero attached hydrogens (tertiary/aromatic N) is 2. The van der Waals surface area contributed by atoms with Gasteiger partial charge in [-0.25, -0.2) is 4.98 Å². The number of aromatic nitrogens is 2. The number of fused-ring (bicyclic) bond motifs is 1. The largest absolute Gasteiger partial charge is 0.354 e. The van der Waals surface area contributed by atoms with E-state index in [0.717, 1.165) is 36.8 Å². The van der Waals surface area contributed by atoms with Gasteiger partial charge in [0.1, 0.15) is 0 Å². The first kappa shape index (κ1) is 19.7. The van der Waals surface area contributed by atoms with E-state index in [4.69, 9.17) is 5.73 Å². The lowest BCUT2D eigenvalue weighted by atomic mass is 9.95. The lowest BCUT2D eigenvalue weighted by molar-refractivity contribution is -0.125. The molecule has 2 aromatic rings. The number of amides is 1. The average molecular weight is 359 g/mol. The van der Waals surface area contributed by atoms with Crippen LogP contribution in [0, 0.1) is 11.8 Å². The molecule has 128 valence electrons. The minimum Gasteiger partial charge on any atom is -0.354 e. The van der Waals surface area contributed by atoms with Gasteiger partial charge >= 0.3 is 0 Å². The molecular weight excluding hydrogens is 335 g/mol. The SMILES string of the molecule is Cl.Cl.NC[C@H]1CCC[C@H]1C(=O)NCCn1cnc2ccccc21. The van der Waals surface area contributed by atoms with Crippen LogP contribution in [0.3, 0.4) is 0 Å². The van der Waals surface area contributed by atoms with Gasteiger partial charge in [-0.1, -0.05) is 18.6 Å². The summed E-state index contributed by atoms with van der Waals surface area (Å²) in [6.45, 7) is 1.99. The summed E-state index contributed by atoms with van der Waals surface area (Å²) in [4.78, 5) is 16.6. The third-order valence-corrected chi connectivity index (χ3v) is 4.48. The smallest absolute Gasteiger partial charge is 0.223 e. The van der Waals surface area contributed by atoms with E-state index in [2.05, 4.69) is 14.9 Å². The number of benzene rings is 1. The van der Waals surface area contributed by atoms with Gasteiger partial charge in [0.15, 0.2) is 0 Å². The fraction of sp³-hybridized carbons (Fsp3) is 0.500. The van der Waals surface area contributed by atoms with Crippen LogP contribution < -0.4 is 11.1 Å². The maximum atomic E-state index is 12.2. The van der Waals surface area contributed by atoms with Crippen molar-refractivity contribution in [2.75, 3.05) is 13.1 Å². The van der Waals surface area contributed by atoms with Gasteiger partial charge < -0.3 is 15.6 Å². The molecule has 0 spiro atoms. The third-order valence-electron chi connectivity index (χ3n) is 4.48. The fourth-order valence-electron chi connectivity index (χ4n) is 3.28. The lowest BCUT2D eigenvalue weighted by Gasteiger charge is -2.17. The van der Waals surface area contributed by atoms with Crippen molar-refractivity contribution in [1.82, 2.24) is 14.9 Å². The minimum absolute atomic E-state index is 0. The first-order valence-corrected chi connectivity index (χ1v) is 7.67. The summed E-state index contributed by atoms with van der Waals surface area (Å²) in [6.07, 6.45) is 5.00. The van der Waals surface area contributed by atoms with Gasteiger partial charge in [0, 0.05) is 19.0 Å². The van der Waals surface area contributed by atoms with E-state index in [1.54, 1.807) is 0 Å². The highest BCUT2D eigenvalue weighted by atomic mass is 35.5. The van der Waals surface area contributed by atoms with Gasteiger partial charge in [-0.2, -0.15) is 0 Å². The molecule has 1 fully saturated rings. The number of carbonyl (C=O) groups excluding carboxylic acids is 1. The topological polar surface area (TPSA) is 72.9 Å². The Morgan fingerprint density at radius 1 is 1.30 bits per heavy atom. The maximum absolute atomic E-state index is 12.2. The number of para-hydroxylation sites is 2. The van der Waals surface area contributed by atoms with Crippen LogP contribution in [0.2, 0.25) is 0 Å². The van der Waals surface area contributed by atoms with Crippen LogP contribution in [0.1, 0.15) is 19.3 Å². The zero-order valence-electron chi connectivity index (χ0n) is 13.0. The molecule has 3 rings (SSSR count). The molecule has 0 aliphatic heterocycles. The summed E-state index contributed by atoms with van der Waals surface area (Å²) in [5.74, 6) is 0.626. The molecule has 7 heteroatoms. The molecular formula is C16H24Cl2N4O. The summed E-state index contributed by atoms with van der Waals surface area (Å²) in [5, 5.41) is 3.05. The van der Waals surface area contributed by atoms with Crippen LogP contribution in [-0.4, -0.2) is 28.5 Å². The van der Waals surface area contributed by atoms with Crippen molar-refractivity contribution in [3.63, 3.8) is 0 Å². The van der Waals surface area contributed by atoms with E-state index >= 15 is 0 Å². The number of hydrogen-bond acceptors (Lipinski definition) is 3. The number of halogens is 2. The zero-order valence-corrected chi connectivity index (χ0v) is 14.6. The molecule has 1 aromatic heterocycles. The summed E-state index contributed by atoms with van der Waals surface area (Å²) < 4.78 is 2.07. The Bertz CT molecular complexity index is 631. The predicted octanol–water partition coefficient (Wildman–Crippen LogP) is 2.37. The van der Waals surface area contributed by atoms with Gasteiger partial charge in [0.2, 0.25) is 5.91 Å². The molecule has 2 atom stereocenters. The van der Waals surface area contributed by atoms with Crippen molar-refractivity contribution in [2.45, 2.75) is 25.8 Å². The first-order chi connectivity index (χ1) is 10.3. The van der Waals surface area contributed by atoms with Crippen molar-refractivity contribution in [1.29, 1.82) is 0 Å². The number of hydrogen-bond donors (Lipinski definition) is 2.